The molecule has 0 bridgehead atoms. The second-order valence-corrected chi connectivity index (χ2v) is 5.41. The number of halogens is 2. The van der Waals surface area contributed by atoms with Crippen LogP contribution in [-0.2, 0) is 6.54 Å². The van der Waals surface area contributed by atoms with Crippen LogP contribution in [0.1, 0.15) is 24.8 Å². The van der Waals surface area contributed by atoms with Crippen LogP contribution in [0.4, 0.5) is 0 Å². The van der Waals surface area contributed by atoms with Crippen molar-refractivity contribution in [2.45, 2.75) is 25.8 Å². The fraction of sp³-hybridized carbons (Fsp3) is 0.500. The van der Waals surface area contributed by atoms with Crippen LogP contribution in [0.15, 0.2) is 22.7 Å². The molecule has 0 aromatic heterocycles. The molecule has 16 heavy (non-hydrogen) atoms. The van der Waals surface area contributed by atoms with Gasteiger partial charge in [-0.15, -0.1) is 0 Å². The van der Waals surface area contributed by atoms with E-state index in [2.05, 4.69) is 32.4 Å². The Kier molecular flexibility index (Phi) is 4.65. The molecule has 4 heteroatoms. The highest BCUT2D eigenvalue weighted by atomic mass is 79.9. The molecule has 1 aromatic carbocycles. The highest BCUT2D eigenvalue weighted by Crippen LogP contribution is 2.21. The third-order valence-corrected chi connectivity index (χ3v) is 3.84. The van der Waals surface area contributed by atoms with Gasteiger partial charge in [0, 0.05) is 29.1 Å². The Bertz CT molecular complexity index is 351. The Morgan fingerprint density at radius 3 is 2.69 bits per heavy atom. The van der Waals surface area contributed by atoms with Gasteiger partial charge in [-0.2, -0.15) is 0 Å². The van der Waals surface area contributed by atoms with E-state index in [9.17, 15) is 0 Å². The Hall–Kier alpha value is -0.0900. The fourth-order valence-electron chi connectivity index (χ4n) is 1.91. The summed E-state index contributed by atoms with van der Waals surface area (Å²) < 4.78 is 1.07. The van der Waals surface area contributed by atoms with E-state index in [0.717, 1.165) is 29.1 Å². The third kappa shape index (κ3) is 3.45. The van der Waals surface area contributed by atoms with Crippen LogP contribution in [-0.4, -0.2) is 18.1 Å². The molecule has 1 N–H and O–H groups in total. The Balaban J connectivity index is 1.88. The molecular weight excluding hydrogens is 288 g/mol. The molecule has 0 saturated carbocycles. The molecule has 1 saturated heterocycles. The molecule has 88 valence electrons. The first-order valence-corrected chi connectivity index (χ1v) is 6.85. The van der Waals surface area contributed by atoms with Crippen LogP contribution < -0.4 is 5.43 Å². The minimum absolute atomic E-state index is 0.772. The average molecular weight is 304 g/mol. The first-order chi connectivity index (χ1) is 7.75. The van der Waals surface area contributed by atoms with Crippen LogP contribution in [0.5, 0.6) is 0 Å². The maximum absolute atomic E-state index is 5.90. The quantitative estimate of drug-likeness (QED) is 0.918. The molecule has 1 aliphatic heterocycles. The number of nitrogens with zero attached hydrogens (tertiary/aromatic N) is 1. The third-order valence-electron chi connectivity index (χ3n) is 2.86. The van der Waals surface area contributed by atoms with Crippen molar-refractivity contribution in [3.8, 4) is 0 Å². The summed E-state index contributed by atoms with van der Waals surface area (Å²) in [5, 5.41) is 3.08. The van der Waals surface area contributed by atoms with Crippen molar-refractivity contribution in [2.75, 3.05) is 13.1 Å². The molecule has 2 rings (SSSR count). The molecule has 0 spiro atoms. The number of hydrogen-bond donors (Lipinski definition) is 1. The van der Waals surface area contributed by atoms with Gasteiger partial charge in [-0.05, 0) is 30.5 Å². The summed E-state index contributed by atoms with van der Waals surface area (Å²) in [6, 6.07) is 5.93. The van der Waals surface area contributed by atoms with Gasteiger partial charge in [0.15, 0.2) is 0 Å². The maximum atomic E-state index is 5.90. The van der Waals surface area contributed by atoms with E-state index in [1.165, 1.54) is 24.8 Å². The highest BCUT2D eigenvalue weighted by Gasteiger charge is 2.09. The Morgan fingerprint density at radius 1 is 1.25 bits per heavy atom. The summed E-state index contributed by atoms with van der Waals surface area (Å²) in [7, 11) is 0. The van der Waals surface area contributed by atoms with Gasteiger partial charge in [0.2, 0.25) is 0 Å². The number of nitrogens with one attached hydrogen (secondary N) is 1. The molecule has 0 amide bonds. The lowest BCUT2D eigenvalue weighted by molar-refractivity contribution is 0.151. The van der Waals surface area contributed by atoms with Crippen LogP contribution in [0.3, 0.4) is 0 Å². The smallest absolute Gasteiger partial charge is 0.0417 e. The molecule has 1 fully saturated rings. The zero-order valence-electron chi connectivity index (χ0n) is 9.18. The molecule has 1 aliphatic rings. The Labute approximate surface area is 110 Å². The van der Waals surface area contributed by atoms with Crippen LogP contribution in [0.2, 0.25) is 5.02 Å². The predicted octanol–water partition coefficient (Wildman–Crippen LogP) is 3.59. The topological polar surface area (TPSA) is 15.3 Å². The first kappa shape index (κ1) is 12.4. The predicted molar refractivity (Wildman–Crippen MR) is 71.4 cm³/mol. The lowest BCUT2D eigenvalue weighted by atomic mass is 10.2. The van der Waals surface area contributed by atoms with Gasteiger partial charge in [-0.25, -0.2) is 5.01 Å². The second-order valence-electron chi connectivity index (χ2n) is 4.12. The molecule has 0 unspecified atom stereocenters. The molecular formula is C12H16BrClN2. The lowest BCUT2D eigenvalue weighted by Gasteiger charge is -2.27. The van der Waals surface area contributed by atoms with Crippen molar-refractivity contribution in [1.29, 1.82) is 0 Å². The van der Waals surface area contributed by atoms with Gasteiger partial charge in [-0.1, -0.05) is 40.0 Å². The summed E-state index contributed by atoms with van der Waals surface area (Å²) in [4.78, 5) is 0. The monoisotopic (exact) mass is 302 g/mol. The summed E-state index contributed by atoms with van der Waals surface area (Å²) in [6.07, 6.45) is 3.96. The van der Waals surface area contributed by atoms with Crippen molar-refractivity contribution < 1.29 is 0 Å². The minimum atomic E-state index is 0.772. The van der Waals surface area contributed by atoms with E-state index >= 15 is 0 Å². The molecule has 0 radical (unpaired) electrons. The molecule has 0 aliphatic carbocycles. The van der Waals surface area contributed by atoms with Crippen molar-refractivity contribution in [3.63, 3.8) is 0 Å². The van der Waals surface area contributed by atoms with Gasteiger partial charge in [-0.3, -0.25) is 5.43 Å². The van der Waals surface area contributed by atoms with Gasteiger partial charge in [0.25, 0.3) is 0 Å². The molecule has 1 heterocycles. The summed E-state index contributed by atoms with van der Waals surface area (Å²) in [6.45, 7) is 3.17. The van der Waals surface area contributed by atoms with E-state index < -0.39 is 0 Å². The summed E-state index contributed by atoms with van der Waals surface area (Å²) >= 11 is 9.43. The van der Waals surface area contributed by atoms with Crippen LogP contribution >= 0.6 is 27.5 Å². The average Bonchev–Trinajstić information content (AvgIpc) is 2.29. The van der Waals surface area contributed by atoms with E-state index in [4.69, 9.17) is 11.6 Å². The SMILES string of the molecule is Clc1ccc(CNN2CCCCC2)c(Br)c1. The number of hydrogen-bond acceptors (Lipinski definition) is 2. The Morgan fingerprint density at radius 2 is 2.00 bits per heavy atom. The zero-order valence-corrected chi connectivity index (χ0v) is 11.5. The van der Waals surface area contributed by atoms with E-state index in [1.807, 2.05) is 12.1 Å². The van der Waals surface area contributed by atoms with Gasteiger partial charge >= 0.3 is 0 Å². The molecule has 0 atom stereocenters. The van der Waals surface area contributed by atoms with E-state index in [0.29, 0.717) is 0 Å². The lowest BCUT2D eigenvalue weighted by Crippen LogP contribution is -2.41. The fourth-order valence-corrected chi connectivity index (χ4v) is 2.74. The normalized spacial score (nSPS) is 17.6. The van der Waals surface area contributed by atoms with Crippen molar-refractivity contribution in [1.82, 2.24) is 10.4 Å². The van der Waals surface area contributed by atoms with Crippen LogP contribution in [0, 0.1) is 0 Å². The van der Waals surface area contributed by atoms with Crippen molar-refractivity contribution in [2.24, 2.45) is 0 Å². The number of piperidine rings is 1. The standard InChI is InChI=1S/C12H16BrClN2/c13-12-8-11(14)5-4-10(12)9-15-16-6-2-1-3-7-16/h4-5,8,15H,1-3,6-7,9H2. The zero-order chi connectivity index (χ0) is 11.4. The number of benzene rings is 1. The minimum Gasteiger partial charge on any atom is -0.251 e. The van der Waals surface area contributed by atoms with Crippen LogP contribution in [0.25, 0.3) is 0 Å². The maximum Gasteiger partial charge on any atom is 0.0417 e. The second kappa shape index (κ2) is 6.01. The summed E-state index contributed by atoms with van der Waals surface area (Å²) in [5.74, 6) is 0. The number of hydrazine groups is 1. The highest BCUT2D eigenvalue weighted by molar-refractivity contribution is 9.10. The van der Waals surface area contributed by atoms with Gasteiger partial charge in [0.1, 0.15) is 0 Å². The van der Waals surface area contributed by atoms with E-state index in [-0.39, 0.29) is 0 Å². The molecule has 1 aromatic rings. The van der Waals surface area contributed by atoms with E-state index in [1.54, 1.807) is 0 Å². The first-order valence-electron chi connectivity index (χ1n) is 5.68. The molecule has 2 nitrogen and oxygen atoms in total. The van der Waals surface area contributed by atoms with Crippen molar-refractivity contribution >= 4 is 27.5 Å². The summed E-state index contributed by atoms with van der Waals surface area (Å²) in [5.41, 5.74) is 4.70. The van der Waals surface area contributed by atoms with Gasteiger partial charge < -0.3 is 0 Å². The van der Waals surface area contributed by atoms with Crippen molar-refractivity contribution in [3.05, 3.63) is 33.3 Å². The van der Waals surface area contributed by atoms with Gasteiger partial charge in [0.05, 0.1) is 0 Å². The largest absolute Gasteiger partial charge is 0.251 e. The number of rotatable bonds is 3.